The summed E-state index contributed by atoms with van der Waals surface area (Å²) in [6.07, 6.45) is 3.62. The van der Waals surface area contributed by atoms with Crippen molar-refractivity contribution in [2.24, 2.45) is 0 Å². The van der Waals surface area contributed by atoms with Gasteiger partial charge >= 0.3 is 0 Å². The lowest BCUT2D eigenvalue weighted by Crippen LogP contribution is -2.48. The molecule has 1 unspecified atom stereocenters. The second-order valence-electron chi connectivity index (χ2n) is 9.43. The number of carbonyl (C=O) groups excluding carboxylic acids is 1. The maximum absolute atomic E-state index is 13.3. The van der Waals surface area contributed by atoms with Gasteiger partial charge in [-0.15, -0.1) is 0 Å². The van der Waals surface area contributed by atoms with Gasteiger partial charge in [0.05, 0.1) is 4.90 Å². The number of sulfonamides is 1. The molecular weight excluding hydrogens is 466 g/mol. The second kappa shape index (κ2) is 10.6. The first-order valence-corrected chi connectivity index (χ1v) is 13.9. The highest BCUT2D eigenvalue weighted by Crippen LogP contribution is 2.35. The van der Waals surface area contributed by atoms with Gasteiger partial charge in [-0.25, -0.2) is 8.42 Å². The maximum atomic E-state index is 13.3. The zero-order valence-electron chi connectivity index (χ0n) is 20.0. The third-order valence-corrected chi connectivity index (χ3v) is 8.88. The van der Waals surface area contributed by atoms with Crippen LogP contribution in [-0.4, -0.2) is 80.4 Å². The van der Waals surface area contributed by atoms with Crippen molar-refractivity contribution < 1.29 is 22.7 Å². The predicted molar refractivity (Wildman–Crippen MR) is 132 cm³/mol. The van der Waals surface area contributed by atoms with Gasteiger partial charge in [-0.1, -0.05) is 43.2 Å². The number of ether oxygens (including phenoxy) is 2. The standard InChI is InChI=1S/C26H33N3O5S/c30-26(28-12-6-1-2-7-13-28)25-20-33-24-18-22(10-11-23(24)34-25)35(31,32)29-16-14-27(15-17-29)19-21-8-4-3-5-9-21/h3-5,8-11,18,25H,1-2,6-7,12-17,19-20H2. The van der Waals surface area contributed by atoms with Crippen LogP contribution in [0.25, 0.3) is 0 Å². The number of piperazine rings is 1. The first kappa shape index (κ1) is 24.1. The Morgan fingerprint density at radius 1 is 0.857 bits per heavy atom. The van der Waals surface area contributed by atoms with Crippen LogP contribution in [0, 0.1) is 0 Å². The summed E-state index contributed by atoms with van der Waals surface area (Å²) >= 11 is 0. The summed E-state index contributed by atoms with van der Waals surface area (Å²) in [5.41, 5.74) is 1.23. The molecule has 0 radical (unpaired) electrons. The minimum Gasteiger partial charge on any atom is -0.485 e. The van der Waals surface area contributed by atoms with Gasteiger partial charge in [0.2, 0.25) is 16.1 Å². The molecule has 0 N–H and O–H groups in total. The molecular formula is C26H33N3O5S. The Bertz CT molecular complexity index is 1120. The number of carbonyl (C=O) groups is 1. The van der Waals surface area contributed by atoms with Crippen molar-refractivity contribution >= 4 is 15.9 Å². The van der Waals surface area contributed by atoms with Crippen molar-refractivity contribution in [2.45, 2.75) is 43.2 Å². The summed E-state index contributed by atoms with van der Waals surface area (Å²) < 4.78 is 39.9. The van der Waals surface area contributed by atoms with Gasteiger partial charge in [-0.2, -0.15) is 4.31 Å². The molecule has 1 amide bonds. The van der Waals surface area contributed by atoms with E-state index in [-0.39, 0.29) is 17.4 Å². The molecule has 188 valence electrons. The number of rotatable bonds is 5. The fourth-order valence-corrected chi connectivity index (χ4v) is 6.38. The van der Waals surface area contributed by atoms with E-state index >= 15 is 0 Å². The van der Waals surface area contributed by atoms with Gasteiger partial charge in [-0.3, -0.25) is 9.69 Å². The van der Waals surface area contributed by atoms with Gasteiger partial charge in [0.15, 0.2) is 11.5 Å². The predicted octanol–water partition coefficient (Wildman–Crippen LogP) is 2.74. The minimum atomic E-state index is -3.65. The molecule has 2 fully saturated rings. The normalized spacial score (nSPS) is 21.9. The first-order chi connectivity index (χ1) is 17.0. The molecule has 0 saturated carbocycles. The number of amides is 1. The lowest BCUT2D eigenvalue weighted by atomic mass is 10.2. The topological polar surface area (TPSA) is 79.4 Å². The van der Waals surface area contributed by atoms with E-state index in [9.17, 15) is 13.2 Å². The highest BCUT2D eigenvalue weighted by Gasteiger charge is 2.34. The highest BCUT2D eigenvalue weighted by molar-refractivity contribution is 7.89. The molecule has 0 aliphatic carbocycles. The van der Waals surface area contributed by atoms with E-state index in [1.807, 2.05) is 23.1 Å². The van der Waals surface area contributed by atoms with E-state index in [1.54, 1.807) is 12.1 Å². The van der Waals surface area contributed by atoms with Crippen LogP contribution < -0.4 is 9.47 Å². The SMILES string of the molecule is O=C(C1COc2cc(S(=O)(=O)N3CCN(Cc4ccccc4)CC3)ccc2O1)N1CCCCCC1. The summed E-state index contributed by atoms with van der Waals surface area (Å²) in [5.74, 6) is 0.729. The molecule has 35 heavy (non-hydrogen) atoms. The van der Waals surface area contributed by atoms with Crippen LogP contribution >= 0.6 is 0 Å². The molecule has 3 aliphatic rings. The Hall–Kier alpha value is -2.62. The van der Waals surface area contributed by atoms with E-state index in [1.165, 1.54) is 15.9 Å². The molecule has 0 aromatic heterocycles. The van der Waals surface area contributed by atoms with Crippen LogP contribution in [0.4, 0.5) is 0 Å². The second-order valence-corrected chi connectivity index (χ2v) is 11.4. The highest BCUT2D eigenvalue weighted by atomic mass is 32.2. The molecule has 2 saturated heterocycles. The summed E-state index contributed by atoms with van der Waals surface area (Å²) in [6, 6.07) is 14.9. The smallest absolute Gasteiger partial charge is 0.267 e. The average molecular weight is 500 g/mol. The third-order valence-electron chi connectivity index (χ3n) is 6.99. The summed E-state index contributed by atoms with van der Waals surface area (Å²) in [6.45, 7) is 4.65. The van der Waals surface area contributed by atoms with Crippen LogP contribution in [-0.2, 0) is 21.4 Å². The summed E-state index contributed by atoms with van der Waals surface area (Å²) in [4.78, 5) is 17.2. The van der Waals surface area contributed by atoms with E-state index < -0.39 is 16.1 Å². The zero-order valence-corrected chi connectivity index (χ0v) is 20.8. The Morgan fingerprint density at radius 2 is 1.57 bits per heavy atom. The Labute approximate surface area is 207 Å². The van der Waals surface area contributed by atoms with Crippen molar-refractivity contribution in [3.8, 4) is 11.5 Å². The van der Waals surface area contributed by atoms with E-state index in [0.717, 1.165) is 45.3 Å². The van der Waals surface area contributed by atoms with Crippen molar-refractivity contribution in [1.29, 1.82) is 0 Å². The number of likely N-dealkylation sites (tertiary alicyclic amines) is 1. The van der Waals surface area contributed by atoms with Crippen molar-refractivity contribution in [2.75, 3.05) is 45.9 Å². The molecule has 2 aromatic rings. The molecule has 3 heterocycles. The fraction of sp³-hybridized carbons (Fsp3) is 0.500. The summed E-state index contributed by atoms with van der Waals surface area (Å²) in [7, 11) is -3.65. The van der Waals surface area contributed by atoms with Crippen molar-refractivity contribution in [3.05, 3.63) is 54.1 Å². The molecule has 1 atom stereocenters. The molecule has 0 bridgehead atoms. The van der Waals surface area contributed by atoms with E-state index in [4.69, 9.17) is 9.47 Å². The third kappa shape index (κ3) is 5.47. The first-order valence-electron chi connectivity index (χ1n) is 12.5. The van der Waals surface area contributed by atoms with E-state index in [0.29, 0.717) is 37.7 Å². The number of nitrogens with zero attached hydrogens (tertiary/aromatic N) is 3. The quantitative estimate of drug-likeness (QED) is 0.630. The van der Waals surface area contributed by atoms with Crippen LogP contribution in [0.5, 0.6) is 11.5 Å². The molecule has 8 nitrogen and oxygen atoms in total. The molecule has 3 aliphatic heterocycles. The molecule has 2 aromatic carbocycles. The van der Waals surface area contributed by atoms with Crippen molar-refractivity contribution in [1.82, 2.24) is 14.1 Å². The average Bonchev–Trinajstić information content (AvgIpc) is 3.18. The Balaban J connectivity index is 1.21. The lowest BCUT2D eigenvalue weighted by Gasteiger charge is -2.34. The fourth-order valence-electron chi connectivity index (χ4n) is 4.95. The Kier molecular flexibility index (Phi) is 7.27. The minimum absolute atomic E-state index is 0.0531. The van der Waals surface area contributed by atoms with Crippen molar-refractivity contribution in [3.63, 3.8) is 0 Å². The molecule has 5 rings (SSSR count). The largest absolute Gasteiger partial charge is 0.485 e. The Morgan fingerprint density at radius 3 is 2.29 bits per heavy atom. The van der Waals surface area contributed by atoms with Crippen LogP contribution in [0.3, 0.4) is 0 Å². The number of benzene rings is 2. The molecule has 0 spiro atoms. The number of hydrogen-bond acceptors (Lipinski definition) is 6. The number of hydrogen-bond donors (Lipinski definition) is 0. The van der Waals surface area contributed by atoms with Gasteiger partial charge in [0.25, 0.3) is 5.91 Å². The summed E-state index contributed by atoms with van der Waals surface area (Å²) in [5, 5.41) is 0. The van der Waals surface area contributed by atoms with Crippen LogP contribution in [0.1, 0.15) is 31.2 Å². The van der Waals surface area contributed by atoms with Gasteiger partial charge in [0, 0.05) is 51.9 Å². The van der Waals surface area contributed by atoms with Crippen LogP contribution in [0.2, 0.25) is 0 Å². The van der Waals surface area contributed by atoms with Crippen LogP contribution in [0.15, 0.2) is 53.4 Å². The van der Waals surface area contributed by atoms with Gasteiger partial charge in [-0.05, 0) is 30.5 Å². The van der Waals surface area contributed by atoms with E-state index in [2.05, 4.69) is 17.0 Å². The zero-order chi connectivity index (χ0) is 24.3. The van der Waals surface area contributed by atoms with Gasteiger partial charge < -0.3 is 14.4 Å². The molecule has 9 heteroatoms. The maximum Gasteiger partial charge on any atom is 0.267 e. The van der Waals surface area contributed by atoms with Gasteiger partial charge in [0.1, 0.15) is 6.61 Å². The monoisotopic (exact) mass is 499 g/mol. The lowest BCUT2D eigenvalue weighted by molar-refractivity contribution is -0.141. The number of fused-ring (bicyclic) bond motifs is 1.